The van der Waals surface area contributed by atoms with Crippen molar-refractivity contribution in [1.82, 2.24) is 0 Å². The fraction of sp³-hybridized carbons (Fsp3) is 0.855. The molecule has 0 aliphatic heterocycles. The van der Waals surface area contributed by atoms with Gasteiger partial charge in [-0.1, -0.05) is 204 Å². The van der Waals surface area contributed by atoms with Crippen molar-refractivity contribution in [1.29, 1.82) is 0 Å². The van der Waals surface area contributed by atoms with E-state index in [-0.39, 0.29) is 32.0 Å². The molecule has 9 nitrogen and oxygen atoms in total. The molecule has 1 N–H and O–H groups in total. The molecule has 10 heteroatoms. The number of rotatable bonds is 50. The van der Waals surface area contributed by atoms with E-state index in [2.05, 4.69) is 50.3 Å². The Hall–Kier alpha value is -1.77. The Bertz CT molecular complexity index is 1200. The molecule has 0 bridgehead atoms. The van der Waals surface area contributed by atoms with Gasteiger partial charge >= 0.3 is 19.8 Å². The molecule has 0 aliphatic carbocycles. The van der Waals surface area contributed by atoms with Crippen molar-refractivity contribution < 1.29 is 42.1 Å². The number of esters is 2. The van der Waals surface area contributed by atoms with Crippen LogP contribution in [0.15, 0.2) is 36.5 Å². The van der Waals surface area contributed by atoms with Gasteiger partial charge in [-0.05, 0) is 70.6 Å². The van der Waals surface area contributed by atoms with E-state index in [1.54, 1.807) is 0 Å². The molecule has 2 unspecified atom stereocenters. The maximum absolute atomic E-state index is 12.8. The Morgan fingerprint density at radius 2 is 0.831 bits per heavy atom. The summed E-state index contributed by atoms with van der Waals surface area (Å²) in [6.45, 7) is 4.42. The molecule has 0 aromatic heterocycles. The Morgan fingerprint density at radius 1 is 0.477 bits per heavy atom. The number of ether oxygens (including phenoxy) is 2. The number of phosphoric ester groups is 1. The topological polar surface area (TPSA) is 108 Å². The second-order valence-electron chi connectivity index (χ2n) is 19.6. The van der Waals surface area contributed by atoms with Crippen LogP contribution in [-0.4, -0.2) is 74.9 Å². The minimum atomic E-state index is -4.38. The summed E-state index contributed by atoms with van der Waals surface area (Å²) < 4.78 is 34.5. The number of allylic oxidation sites excluding steroid dienone is 6. The molecule has 0 aromatic carbocycles. The van der Waals surface area contributed by atoms with Crippen molar-refractivity contribution >= 4 is 19.8 Å². The average molecular weight is 939 g/mol. The monoisotopic (exact) mass is 939 g/mol. The van der Waals surface area contributed by atoms with Crippen molar-refractivity contribution in [3.8, 4) is 0 Å². The lowest BCUT2D eigenvalue weighted by Gasteiger charge is -2.24. The molecule has 0 saturated heterocycles. The van der Waals surface area contributed by atoms with Gasteiger partial charge in [-0.15, -0.1) is 0 Å². The third kappa shape index (κ3) is 51.5. The fourth-order valence-corrected chi connectivity index (χ4v) is 8.37. The zero-order chi connectivity index (χ0) is 47.8. The van der Waals surface area contributed by atoms with Gasteiger partial charge in [0.05, 0.1) is 27.7 Å². The van der Waals surface area contributed by atoms with Crippen molar-refractivity contribution in [2.45, 2.75) is 258 Å². The van der Waals surface area contributed by atoms with Gasteiger partial charge in [0.25, 0.3) is 0 Å². The van der Waals surface area contributed by atoms with Crippen molar-refractivity contribution in [2.75, 3.05) is 47.5 Å². The lowest BCUT2D eigenvalue weighted by Crippen LogP contribution is -2.37. The molecule has 0 spiro atoms. The van der Waals surface area contributed by atoms with Crippen LogP contribution in [0.2, 0.25) is 0 Å². The van der Waals surface area contributed by atoms with Crippen molar-refractivity contribution in [2.24, 2.45) is 0 Å². The number of likely N-dealkylation sites (N-methyl/N-ethyl adjacent to an activating group) is 1. The van der Waals surface area contributed by atoms with Gasteiger partial charge in [0.15, 0.2) is 6.10 Å². The standard InChI is InChI=1S/C55H104NO8P/c1-6-8-10-12-14-16-18-20-22-23-24-25-26-27-28-29-30-31-32-33-34-36-38-40-42-44-46-48-55(58)64-53(52-63-65(59,60)62-50-49-56(3,4)5)51-61-54(57)47-45-43-41-39-37-35-21-19-17-15-13-11-9-7-2/h18-21,23-24,53H,6-17,22,25-52H2,1-5H3/p+1/b20-18-,21-19-,24-23-. The van der Waals surface area contributed by atoms with Crippen LogP contribution in [0, 0.1) is 0 Å². The molecule has 0 amide bonds. The molecule has 0 rings (SSSR count). The van der Waals surface area contributed by atoms with Crippen LogP contribution in [0.25, 0.3) is 0 Å². The smallest absolute Gasteiger partial charge is 0.462 e. The maximum Gasteiger partial charge on any atom is 0.472 e. The Morgan fingerprint density at radius 3 is 1.23 bits per heavy atom. The predicted molar refractivity (Wildman–Crippen MR) is 275 cm³/mol. The molecule has 0 saturated carbocycles. The minimum absolute atomic E-state index is 0.0314. The Kier molecular flexibility index (Phi) is 46.0. The van der Waals surface area contributed by atoms with Crippen LogP contribution in [-0.2, 0) is 32.7 Å². The molecule has 0 aromatic rings. The van der Waals surface area contributed by atoms with Crippen LogP contribution in [0.3, 0.4) is 0 Å². The first-order valence-electron chi connectivity index (χ1n) is 27.2. The first kappa shape index (κ1) is 63.2. The van der Waals surface area contributed by atoms with E-state index in [1.807, 2.05) is 21.1 Å². The van der Waals surface area contributed by atoms with E-state index in [0.29, 0.717) is 17.4 Å². The second-order valence-corrected chi connectivity index (χ2v) is 21.1. The quantitative estimate of drug-likeness (QED) is 0.0211. The SMILES string of the molecule is CCCCCCC/C=C\C/C=C\CCCCCCCCCCCCCCCCCC(=O)OC(COC(=O)CCCCCCC/C=C\CCCCCCC)COP(=O)(O)OCC[N+](C)(C)C. The zero-order valence-corrected chi connectivity index (χ0v) is 44.1. The van der Waals surface area contributed by atoms with Gasteiger partial charge in [-0.2, -0.15) is 0 Å². The largest absolute Gasteiger partial charge is 0.472 e. The first-order chi connectivity index (χ1) is 31.5. The molecular weight excluding hydrogens is 834 g/mol. The van der Waals surface area contributed by atoms with E-state index in [1.165, 1.54) is 161 Å². The molecular formula is C55H105NO8P+. The Balaban J connectivity index is 4.13. The highest BCUT2D eigenvalue weighted by Gasteiger charge is 2.27. The van der Waals surface area contributed by atoms with E-state index in [0.717, 1.165) is 57.8 Å². The lowest BCUT2D eigenvalue weighted by molar-refractivity contribution is -0.870. The summed E-state index contributed by atoms with van der Waals surface area (Å²) in [5.41, 5.74) is 0. The van der Waals surface area contributed by atoms with Gasteiger partial charge in [0, 0.05) is 12.8 Å². The number of hydrogen-bond donors (Lipinski definition) is 1. The van der Waals surface area contributed by atoms with E-state index in [4.69, 9.17) is 18.5 Å². The second kappa shape index (κ2) is 47.3. The highest BCUT2D eigenvalue weighted by atomic mass is 31.2. The van der Waals surface area contributed by atoms with Crippen LogP contribution >= 0.6 is 7.82 Å². The van der Waals surface area contributed by atoms with Crippen LogP contribution < -0.4 is 0 Å². The normalized spacial score (nSPS) is 13.6. The Labute approximate surface area is 401 Å². The third-order valence-corrected chi connectivity index (χ3v) is 12.9. The van der Waals surface area contributed by atoms with Gasteiger partial charge in [-0.25, -0.2) is 4.57 Å². The van der Waals surface area contributed by atoms with Crippen molar-refractivity contribution in [3.05, 3.63) is 36.5 Å². The molecule has 382 valence electrons. The summed E-state index contributed by atoms with van der Waals surface area (Å²) >= 11 is 0. The number of quaternary nitrogens is 1. The minimum Gasteiger partial charge on any atom is -0.462 e. The molecule has 65 heavy (non-hydrogen) atoms. The average Bonchev–Trinajstić information content (AvgIpc) is 3.26. The van der Waals surface area contributed by atoms with Crippen molar-refractivity contribution in [3.63, 3.8) is 0 Å². The number of hydrogen-bond acceptors (Lipinski definition) is 7. The van der Waals surface area contributed by atoms with Gasteiger partial charge in [-0.3, -0.25) is 18.6 Å². The fourth-order valence-electron chi connectivity index (χ4n) is 7.63. The molecule has 2 atom stereocenters. The number of carbonyl (C=O) groups is 2. The summed E-state index contributed by atoms with van der Waals surface area (Å²) in [6.07, 6.45) is 56.3. The predicted octanol–water partition coefficient (Wildman–Crippen LogP) is 16.4. The number of unbranched alkanes of at least 4 members (excludes halogenated alkanes) is 30. The molecule has 0 aliphatic rings. The summed E-state index contributed by atoms with van der Waals surface area (Å²) in [7, 11) is 1.48. The van der Waals surface area contributed by atoms with E-state index < -0.39 is 26.5 Å². The molecule has 0 fully saturated rings. The van der Waals surface area contributed by atoms with Gasteiger partial charge in [0.1, 0.15) is 19.8 Å². The molecule has 0 heterocycles. The summed E-state index contributed by atoms with van der Waals surface area (Å²) in [6, 6.07) is 0. The third-order valence-electron chi connectivity index (χ3n) is 11.9. The van der Waals surface area contributed by atoms with E-state index in [9.17, 15) is 19.0 Å². The summed E-state index contributed by atoms with van der Waals surface area (Å²) in [5.74, 6) is -0.800. The summed E-state index contributed by atoms with van der Waals surface area (Å²) in [4.78, 5) is 35.5. The number of carbonyl (C=O) groups excluding carboxylic acids is 2. The van der Waals surface area contributed by atoms with E-state index >= 15 is 0 Å². The zero-order valence-electron chi connectivity index (χ0n) is 43.2. The molecule has 0 radical (unpaired) electrons. The van der Waals surface area contributed by atoms with Crippen LogP contribution in [0.5, 0.6) is 0 Å². The number of phosphoric acid groups is 1. The van der Waals surface area contributed by atoms with Gasteiger partial charge in [0.2, 0.25) is 0 Å². The first-order valence-corrected chi connectivity index (χ1v) is 28.7. The van der Waals surface area contributed by atoms with Crippen LogP contribution in [0.4, 0.5) is 0 Å². The van der Waals surface area contributed by atoms with Crippen LogP contribution in [0.1, 0.15) is 251 Å². The number of nitrogens with zero attached hydrogens (tertiary/aromatic N) is 1. The highest BCUT2D eigenvalue weighted by molar-refractivity contribution is 7.47. The lowest BCUT2D eigenvalue weighted by atomic mass is 10.0. The van der Waals surface area contributed by atoms with Gasteiger partial charge < -0.3 is 18.9 Å². The maximum atomic E-state index is 12.8. The highest BCUT2D eigenvalue weighted by Crippen LogP contribution is 2.43. The summed E-state index contributed by atoms with van der Waals surface area (Å²) in [5, 5.41) is 0.